The van der Waals surface area contributed by atoms with Gasteiger partial charge in [0.1, 0.15) is 0 Å². The third kappa shape index (κ3) is 2.65. The van der Waals surface area contributed by atoms with Gasteiger partial charge in [0.15, 0.2) is 6.10 Å². The zero-order chi connectivity index (χ0) is 14.8. The molecule has 0 aliphatic carbocycles. The maximum absolute atomic E-state index is 12.5. The minimum absolute atomic E-state index is 0.255. The number of ether oxygens (including phenoxy) is 2. The van der Waals surface area contributed by atoms with Crippen molar-refractivity contribution < 1.29 is 19.1 Å². The molecule has 4 heteroatoms. The van der Waals surface area contributed by atoms with E-state index in [1.807, 2.05) is 49.4 Å². The van der Waals surface area contributed by atoms with Crippen molar-refractivity contribution in [2.75, 3.05) is 0 Å². The summed E-state index contributed by atoms with van der Waals surface area (Å²) in [7, 11) is 0. The number of carbonyl (C=O) groups excluding carboxylic acids is 2. The minimum atomic E-state index is -0.942. The fourth-order valence-corrected chi connectivity index (χ4v) is 2.32. The van der Waals surface area contributed by atoms with Crippen molar-refractivity contribution in [2.24, 2.45) is 0 Å². The van der Waals surface area contributed by atoms with Crippen LogP contribution in [0.5, 0.6) is 0 Å². The van der Waals surface area contributed by atoms with Crippen LogP contribution >= 0.6 is 0 Å². The Hall–Kier alpha value is -2.62. The predicted octanol–water partition coefficient (Wildman–Crippen LogP) is 3.45. The molecule has 2 atom stereocenters. The fraction of sp³-hybridized carbons (Fsp3) is 0.176. The monoisotopic (exact) mass is 282 g/mol. The van der Waals surface area contributed by atoms with Crippen LogP contribution in [0.4, 0.5) is 4.79 Å². The largest absolute Gasteiger partial charge is 0.509 e. The molecule has 1 heterocycles. The van der Waals surface area contributed by atoms with Crippen LogP contribution in [-0.2, 0) is 9.47 Å². The van der Waals surface area contributed by atoms with Crippen molar-refractivity contribution in [1.82, 2.24) is 0 Å². The first-order chi connectivity index (χ1) is 10.1. The van der Waals surface area contributed by atoms with Crippen LogP contribution in [-0.4, -0.2) is 18.0 Å². The number of cyclic esters (lactones) is 2. The van der Waals surface area contributed by atoms with Crippen molar-refractivity contribution in [1.29, 1.82) is 0 Å². The van der Waals surface area contributed by atoms with Crippen LogP contribution in [0, 0.1) is 6.92 Å². The first-order valence-corrected chi connectivity index (χ1v) is 6.68. The third-order valence-electron chi connectivity index (χ3n) is 3.44. The second-order valence-electron chi connectivity index (χ2n) is 4.97. The normalized spacial score (nSPS) is 20.7. The van der Waals surface area contributed by atoms with E-state index in [-0.39, 0.29) is 5.78 Å². The first-order valence-electron chi connectivity index (χ1n) is 6.68. The van der Waals surface area contributed by atoms with Gasteiger partial charge in [0, 0.05) is 5.56 Å². The molecule has 0 unspecified atom stereocenters. The Kier molecular flexibility index (Phi) is 3.44. The van der Waals surface area contributed by atoms with Gasteiger partial charge in [-0.1, -0.05) is 60.2 Å². The lowest BCUT2D eigenvalue weighted by atomic mass is 9.97. The molecular weight excluding hydrogens is 268 g/mol. The van der Waals surface area contributed by atoms with Crippen molar-refractivity contribution in [2.45, 2.75) is 19.1 Å². The van der Waals surface area contributed by atoms with E-state index in [2.05, 4.69) is 0 Å². The molecule has 1 fully saturated rings. The topological polar surface area (TPSA) is 52.6 Å². The highest BCUT2D eigenvalue weighted by molar-refractivity contribution is 6.01. The summed E-state index contributed by atoms with van der Waals surface area (Å²) in [6, 6.07) is 16.3. The van der Waals surface area contributed by atoms with Gasteiger partial charge in [-0.15, -0.1) is 0 Å². The van der Waals surface area contributed by atoms with Gasteiger partial charge in [0.25, 0.3) is 0 Å². The van der Waals surface area contributed by atoms with E-state index in [9.17, 15) is 9.59 Å². The molecule has 106 valence electrons. The minimum Gasteiger partial charge on any atom is -0.422 e. The summed E-state index contributed by atoms with van der Waals surface area (Å²) >= 11 is 0. The summed E-state index contributed by atoms with van der Waals surface area (Å²) in [4.78, 5) is 24.0. The summed E-state index contributed by atoms with van der Waals surface area (Å²) in [5, 5.41) is 0. The Morgan fingerprint density at radius 2 is 1.62 bits per heavy atom. The fourth-order valence-electron chi connectivity index (χ4n) is 2.32. The highest BCUT2D eigenvalue weighted by atomic mass is 16.8. The van der Waals surface area contributed by atoms with Crippen molar-refractivity contribution in [3.05, 3.63) is 71.3 Å². The summed E-state index contributed by atoms with van der Waals surface area (Å²) < 4.78 is 10.2. The van der Waals surface area contributed by atoms with Crippen LogP contribution in [0.3, 0.4) is 0 Å². The molecule has 0 aromatic heterocycles. The number of ketones is 1. The average Bonchev–Trinajstić information content (AvgIpc) is 2.90. The van der Waals surface area contributed by atoms with E-state index < -0.39 is 18.4 Å². The number of rotatable bonds is 3. The third-order valence-corrected chi connectivity index (χ3v) is 3.44. The van der Waals surface area contributed by atoms with Crippen molar-refractivity contribution in [3.8, 4) is 0 Å². The lowest BCUT2D eigenvalue weighted by Crippen LogP contribution is -2.26. The predicted molar refractivity (Wildman–Crippen MR) is 76.0 cm³/mol. The standard InChI is InChI=1S/C17H14O4/c1-11-7-9-12(10-8-11)14(18)16-15(20-17(19)21-16)13-5-3-2-4-6-13/h2-10,15-16H,1H3/t15-,16-/m0/s1. The Bertz CT molecular complexity index is 661. The van der Waals surface area contributed by atoms with Gasteiger partial charge in [-0.05, 0) is 12.5 Å². The average molecular weight is 282 g/mol. The number of carbonyl (C=O) groups is 2. The maximum Gasteiger partial charge on any atom is 0.509 e. The number of hydrogen-bond acceptors (Lipinski definition) is 4. The van der Waals surface area contributed by atoms with E-state index >= 15 is 0 Å². The van der Waals surface area contributed by atoms with Crippen molar-refractivity contribution >= 4 is 11.9 Å². The summed E-state index contributed by atoms with van der Waals surface area (Å²) in [5.74, 6) is -0.255. The van der Waals surface area contributed by atoms with Gasteiger partial charge in [0.05, 0.1) is 0 Å². The van der Waals surface area contributed by atoms with Crippen molar-refractivity contribution in [3.63, 3.8) is 0 Å². The molecule has 1 aliphatic heterocycles. The molecule has 2 aromatic carbocycles. The van der Waals surface area contributed by atoms with Gasteiger partial charge >= 0.3 is 6.16 Å². The molecule has 2 aromatic rings. The maximum atomic E-state index is 12.5. The van der Waals surface area contributed by atoms with Gasteiger partial charge < -0.3 is 9.47 Å². The molecule has 4 nitrogen and oxygen atoms in total. The Labute approximate surface area is 122 Å². The molecule has 0 saturated carbocycles. The number of hydrogen-bond donors (Lipinski definition) is 0. The van der Waals surface area contributed by atoms with Gasteiger partial charge in [-0.25, -0.2) is 4.79 Å². The second kappa shape index (κ2) is 5.40. The molecule has 0 amide bonds. The Balaban J connectivity index is 1.90. The molecule has 0 radical (unpaired) electrons. The van der Waals surface area contributed by atoms with Crippen LogP contribution in [0.25, 0.3) is 0 Å². The molecule has 1 aliphatic rings. The lowest BCUT2D eigenvalue weighted by Gasteiger charge is -2.14. The van der Waals surface area contributed by atoms with Gasteiger partial charge in [-0.3, -0.25) is 4.79 Å². The highest BCUT2D eigenvalue weighted by Gasteiger charge is 2.42. The van der Waals surface area contributed by atoms with E-state index in [4.69, 9.17) is 9.47 Å². The van der Waals surface area contributed by atoms with Crippen LogP contribution in [0.1, 0.15) is 27.6 Å². The molecule has 3 rings (SSSR count). The molecule has 1 saturated heterocycles. The van der Waals surface area contributed by atoms with Crippen LogP contribution in [0.2, 0.25) is 0 Å². The summed E-state index contributed by atoms with van der Waals surface area (Å²) in [6.07, 6.45) is -2.45. The highest BCUT2D eigenvalue weighted by Crippen LogP contribution is 2.32. The lowest BCUT2D eigenvalue weighted by molar-refractivity contribution is 0.0716. The van der Waals surface area contributed by atoms with E-state index in [0.717, 1.165) is 11.1 Å². The second-order valence-corrected chi connectivity index (χ2v) is 4.97. The van der Waals surface area contributed by atoms with Gasteiger partial charge in [-0.2, -0.15) is 0 Å². The Morgan fingerprint density at radius 1 is 0.952 bits per heavy atom. The quantitative estimate of drug-likeness (QED) is 0.639. The molecule has 21 heavy (non-hydrogen) atoms. The molecular formula is C17H14O4. The first kappa shape index (κ1) is 13.4. The Morgan fingerprint density at radius 3 is 2.29 bits per heavy atom. The van der Waals surface area contributed by atoms with Gasteiger partial charge in [0.2, 0.25) is 11.9 Å². The SMILES string of the molecule is Cc1ccc(C(=O)[C@@H]2OC(=O)O[C@H]2c2ccccc2)cc1. The molecule has 0 N–H and O–H groups in total. The zero-order valence-electron chi connectivity index (χ0n) is 11.5. The number of aryl methyl sites for hydroxylation is 1. The van der Waals surface area contributed by atoms with Crippen LogP contribution in [0.15, 0.2) is 54.6 Å². The number of benzene rings is 2. The number of Topliss-reactive ketones (excluding diaryl/α,β-unsaturated/α-hetero) is 1. The van der Waals surface area contributed by atoms with E-state index in [0.29, 0.717) is 5.56 Å². The smallest absolute Gasteiger partial charge is 0.422 e. The zero-order valence-corrected chi connectivity index (χ0v) is 11.5. The van der Waals surface area contributed by atoms with E-state index in [1.165, 1.54) is 0 Å². The van der Waals surface area contributed by atoms with Crippen LogP contribution < -0.4 is 0 Å². The summed E-state index contributed by atoms with van der Waals surface area (Å²) in [6.45, 7) is 1.94. The molecule has 0 spiro atoms. The summed E-state index contributed by atoms with van der Waals surface area (Å²) in [5.41, 5.74) is 2.31. The van der Waals surface area contributed by atoms with E-state index in [1.54, 1.807) is 12.1 Å². The molecule has 0 bridgehead atoms.